The van der Waals surface area contributed by atoms with E-state index < -0.39 is 17.7 Å². The Bertz CT molecular complexity index is 550. The fourth-order valence-electron chi connectivity index (χ4n) is 1.71. The lowest BCUT2D eigenvalue weighted by Crippen LogP contribution is -2.44. The van der Waals surface area contributed by atoms with Gasteiger partial charge in [-0.25, -0.2) is 4.79 Å². The standard InChI is InChI=1S/C16H24N2O4/c1-10-7-8-13(21-6)12(9-10)18-14(19)11(2)17-15(20)22-16(3,4)5/h7-9,11H,1-6H3,(H,17,20)(H,18,19)/t11-/m1/s1. The summed E-state index contributed by atoms with van der Waals surface area (Å²) in [6.45, 7) is 8.78. The zero-order chi connectivity index (χ0) is 16.9. The van der Waals surface area contributed by atoms with Crippen LogP contribution in [0.5, 0.6) is 5.75 Å². The maximum Gasteiger partial charge on any atom is 0.408 e. The second-order valence-corrected chi connectivity index (χ2v) is 6.06. The minimum Gasteiger partial charge on any atom is -0.495 e. The van der Waals surface area contributed by atoms with Gasteiger partial charge >= 0.3 is 6.09 Å². The SMILES string of the molecule is COc1ccc(C)cc1NC(=O)[C@@H](C)NC(=O)OC(C)(C)C. The number of hydrogen-bond donors (Lipinski definition) is 2. The van der Waals surface area contributed by atoms with E-state index in [1.807, 2.05) is 13.0 Å². The Balaban J connectivity index is 2.69. The van der Waals surface area contributed by atoms with Crippen LogP contribution in [0.25, 0.3) is 0 Å². The van der Waals surface area contributed by atoms with E-state index in [-0.39, 0.29) is 5.91 Å². The summed E-state index contributed by atoms with van der Waals surface area (Å²) in [5, 5.41) is 5.23. The van der Waals surface area contributed by atoms with Gasteiger partial charge in [-0.05, 0) is 52.3 Å². The smallest absolute Gasteiger partial charge is 0.408 e. The molecule has 1 aromatic rings. The molecule has 6 heteroatoms. The molecule has 0 heterocycles. The number of aryl methyl sites for hydroxylation is 1. The number of methoxy groups -OCH3 is 1. The summed E-state index contributed by atoms with van der Waals surface area (Å²) in [6, 6.07) is 4.73. The van der Waals surface area contributed by atoms with Crippen molar-refractivity contribution in [2.45, 2.75) is 46.3 Å². The van der Waals surface area contributed by atoms with Gasteiger partial charge in [0.15, 0.2) is 0 Å². The summed E-state index contributed by atoms with van der Waals surface area (Å²) in [5.74, 6) is 0.207. The predicted octanol–water partition coefficient (Wildman–Crippen LogP) is 2.86. The van der Waals surface area contributed by atoms with Crippen LogP contribution >= 0.6 is 0 Å². The average Bonchev–Trinajstić information content (AvgIpc) is 2.36. The Hall–Kier alpha value is -2.24. The molecule has 2 N–H and O–H groups in total. The summed E-state index contributed by atoms with van der Waals surface area (Å²) in [7, 11) is 1.53. The van der Waals surface area contributed by atoms with Crippen molar-refractivity contribution in [2.24, 2.45) is 0 Å². The summed E-state index contributed by atoms with van der Waals surface area (Å²) >= 11 is 0. The van der Waals surface area contributed by atoms with E-state index in [0.29, 0.717) is 11.4 Å². The number of alkyl carbamates (subject to hydrolysis) is 1. The summed E-state index contributed by atoms with van der Waals surface area (Å²) in [4.78, 5) is 23.8. The van der Waals surface area contributed by atoms with Crippen LogP contribution in [0.1, 0.15) is 33.3 Å². The first kappa shape index (κ1) is 17.8. The van der Waals surface area contributed by atoms with Crippen molar-refractivity contribution in [3.63, 3.8) is 0 Å². The Morgan fingerprint density at radius 2 is 1.86 bits per heavy atom. The molecule has 6 nitrogen and oxygen atoms in total. The summed E-state index contributed by atoms with van der Waals surface area (Å²) in [6.07, 6.45) is -0.633. The average molecular weight is 308 g/mol. The van der Waals surface area contributed by atoms with E-state index in [4.69, 9.17) is 9.47 Å². The Kier molecular flexibility index (Phi) is 5.79. The van der Waals surface area contributed by atoms with Crippen LogP contribution in [0.4, 0.5) is 10.5 Å². The third-order valence-electron chi connectivity index (χ3n) is 2.74. The fourth-order valence-corrected chi connectivity index (χ4v) is 1.71. The zero-order valence-electron chi connectivity index (χ0n) is 13.9. The first-order valence-electron chi connectivity index (χ1n) is 7.07. The van der Waals surface area contributed by atoms with E-state index in [1.165, 1.54) is 7.11 Å². The maximum absolute atomic E-state index is 12.2. The maximum atomic E-state index is 12.2. The topological polar surface area (TPSA) is 76.7 Å². The monoisotopic (exact) mass is 308 g/mol. The highest BCUT2D eigenvalue weighted by molar-refractivity contribution is 5.97. The van der Waals surface area contributed by atoms with Crippen LogP contribution in [0.15, 0.2) is 18.2 Å². The first-order valence-corrected chi connectivity index (χ1v) is 7.07. The van der Waals surface area contributed by atoms with Gasteiger partial charge in [0.05, 0.1) is 12.8 Å². The molecule has 0 aromatic heterocycles. The quantitative estimate of drug-likeness (QED) is 0.896. The number of carbonyl (C=O) groups excluding carboxylic acids is 2. The van der Waals surface area contributed by atoms with E-state index in [0.717, 1.165) is 5.56 Å². The molecular formula is C16H24N2O4. The number of hydrogen-bond acceptors (Lipinski definition) is 4. The second-order valence-electron chi connectivity index (χ2n) is 6.06. The highest BCUT2D eigenvalue weighted by Crippen LogP contribution is 2.25. The van der Waals surface area contributed by atoms with Gasteiger partial charge in [-0.15, -0.1) is 0 Å². The number of nitrogens with one attached hydrogen (secondary N) is 2. The van der Waals surface area contributed by atoms with E-state index >= 15 is 0 Å². The minimum absolute atomic E-state index is 0.352. The van der Waals surface area contributed by atoms with Crippen molar-refractivity contribution in [3.8, 4) is 5.75 Å². The molecule has 1 rings (SSSR count). The molecule has 122 valence electrons. The molecule has 0 saturated carbocycles. The number of amides is 2. The van der Waals surface area contributed by atoms with Crippen LogP contribution in [0.2, 0.25) is 0 Å². The van der Waals surface area contributed by atoms with Crippen molar-refractivity contribution >= 4 is 17.7 Å². The number of rotatable bonds is 4. The number of ether oxygens (including phenoxy) is 2. The van der Waals surface area contributed by atoms with Crippen LogP contribution in [-0.4, -0.2) is 30.8 Å². The molecule has 0 aliphatic carbocycles. The van der Waals surface area contributed by atoms with Gasteiger partial charge < -0.3 is 20.1 Å². The second kappa shape index (κ2) is 7.15. The molecule has 2 amide bonds. The molecule has 1 atom stereocenters. The number of anilines is 1. The molecule has 0 unspecified atom stereocenters. The predicted molar refractivity (Wildman–Crippen MR) is 85.2 cm³/mol. The van der Waals surface area contributed by atoms with Gasteiger partial charge in [0.1, 0.15) is 17.4 Å². The lowest BCUT2D eigenvalue weighted by molar-refractivity contribution is -0.117. The fraction of sp³-hybridized carbons (Fsp3) is 0.500. The molecule has 0 bridgehead atoms. The largest absolute Gasteiger partial charge is 0.495 e. The number of carbonyl (C=O) groups is 2. The molecule has 22 heavy (non-hydrogen) atoms. The van der Waals surface area contributed by atoms with E-state index in [1.54, 1.807) is 39.8 Å². The van der Waals surface area contributed by atoms with Crippen LogP contribution in [-0.2, 0) is 9.53 Å². The lowest BCUT2D eigenvalue weighted by atomic mass is 10.2. The Morgan fingerprint density at radius 3 is 2.41 bits per heavy atom. The van der Waals surface area contributed by atoms with Crippen LogP contribution in [0, 0.1) is 6.92 Å². The highest BCUT2D eigenvalue weighted by atomic mass is 16.6. The van der Waals surface area contributed by atoms with Crippen molar-refractivity contribution in [1.29, 1.82) is 0 Å². The summed E-state index contributed by atoms with van der Waals surface area (Å²) < 4.78 is 10.3. The van der Waals surface area contributed by atoms with Gasteiger partial charge in [0.2, 0.25) is 5.91 Å². The first-order chi connectivity index (χ1) is 10.1. The highest BCUT2D eigenvalue weighted by Gasteiger charge is 2.21. The van der Waals surface area contributed by atoms with Crippen LogP contribution in [0.3, 0.4) is 0 Å². The lowest BCUT2D eigenvalue weighted by Gasteiger charge is -2.22. The Labute approximate surface area is 131 Å². The molecule has 0 radical (unpaired) electrons. The van der Waals surface area contributed by atoms with E-state index in [2.05, 4.69) is 10.6 Å². The van der Waals surface area contributed by atoms with Gasteiger partial charge in [0.25, 0.3) is 0 Å². The molecular weight excluding hydrogens is 284 g/mol. The molecule has 0 aliphatic heterocycles. The van der Waals surface area contributed by atoms with Crippen molar-refractivity contribution in [2.75, 3.05) is 12.4 Å². The Morgan fingerprint density at radius 1 is 1.23 bits per heavy atom. The van der Waals surface area contributed by atoms with Crippen molar-refractivity contribution in [3.05, 3.63) is 23.8 Å². The molecule has 0 aliphatic rings. The molecule has 0 fully saturated rings. The summed E-state index contributed by atoms with van der Waals surface area (Å²) in [5.41, 5.74) is 0.939. The molecule has 0 spiro atoms. The minimum atomic E-state index is -0.736. The van der Waals surface area contributed by atoms with Crippen LogP contribution < -0.4 is 15.4 Å². The third kappa shape index (κ3) is 5.63. The molecule has 1 aromatic carbocycles. The van der Waals surface area contributed by atoms with Gasteiger partial charge in [0, 0.05) is 0 Å². The van der Waals surface area contributed by atoms with Gasteiger partial charge in [-0.2, -0.15) is 0 Å². The third-order valence-corrected chi connectivity index (χ3v) is 2.74. The normalized spacial score (nSPS) is 12.3. The number of benzene rings is 1. The van der Waals surface area contributed by atoms with E-state index in [9.17, 15) is 9.59 Å². The van der Waals surface area contributed by atoms with Gasteiger partial charge in [-0.3, -0.25) is 4.79 Å². The molecule has 0 saturated heterocycles. The van der Waals surface area contributed by atoms with Gasteiger partial charge in [-0.1, -0.05) is 6.07 Å². The van der Waals surface area contributed by atoms with Crippen molar-refractivity contribution in [1.82, 2.24) is 5.32 Å². The zero-order valence-corrected chi connectivity index (χ0v) is 13.9. The van der Waals surface area contributed by atoms with Crippen molar-refractivity contribution < 1.29 is 19.1 Å².